The van der Waals surface area contributed by atoms with Crippen LogP contribution in [0.3, 0.4) is 0 Å². The molecule has 1 aliphatic carbocycles. The lowest BCUT2D eigenvalue weighted by atomic mass is 9.67. The summed E-state index contributed by atoms with van der Waals surface area (Å²) in [6.45, 7) is 2.40. The molecule has 1 spiro atoms. The molecule has 2 aromatic rings. The van der Waals surface area contributed by atoms with Crippen LogP contribution in [0, 0.1) is 29.9 Å². The number of benzene rings is 1. The van der Waals surface area contributed by atoms with Crippen LogP contribution in [-0.4, -0.2) is 28.2 Å². The Morgan fingerprint density at radius 1 is 1.24 bits per heavy atom. The number of ketones is 1. The van der Waals surface area contributed by atoms with Gasteiger partial charge in [-0.15, -0.1) is 0 Å². The van der Waals surface area contributed by atoms with E-state index in [1.807, 2.05) is 0 Å². The van der Waals surface area contributed by atoms with E-state index in [1.54, 1.807) is 24.1 Å². The Labute approximate surface area is 168 Å². The number of hydrogen-bond donors (Lipinski definition) is 0. The molecular weight excluding hydrogens is 376 g/mol. The summed E-state index contributed by atoms with van der Waals surface area (Å²) in [5, 5.41) is 0. The van der Waals surface area contributed by atoms with Crippen molar-refractivity contribution in [2.24, 2.45) is 11.3 Å². The monoisotopic (exact) mass is 399 g/mol. The number of halogens is 2. The Kier molecular flexibility index (Phi) is 5.15. The van der Waals surface area contributed by atoms with Gasteiger partial charge in [-0.05, 0) is 62.8 Å². The van der Waals surface area contributed by atoms with Crippen molar-refractivity contribution in [3.8, 4) is 0 Å². The lowest BCUT2D eigenvalue weighted by Gasteiger charge is -2.36. The predicted molar refractivity (Wildman–Crippen MR) is 103 cm³/mol. The standard InChI is InChI=1S/C22H23F2N3O2/c1-14-25-9-6-20(26-14)27-10-8-22(21(27)29)7-2-3-15(13-22)11-19(28)16-4-5-17(23)18(24)12-16/h4-6,9,12,15H,2-3,7-8,10-11,13H2,1H3/t15-,22+/m1/s1. The maximum atomic E-state index is 13.5. The molecule has 29 heavy (non-hydrogen) atoms. The Hall–Kier alpha value is -2.70. The summed E-state index contributed by atoms with van der Waals surface area (Å²) >= 11 is 0. The number of hydrogen-bond acceptors (Lipinski definition) is 4. The summed E-state index contributed by atoms with van der Waals surface area (Å²) in [6.07, 6.45) is 5.82. The number of carbonyl (C=O) groups excluding carboxylic acids is 2. The predicted octanol–water partition coefficient (Wildman–Crippen LogP) is 4.25. The van der Waals surface area contributed by atoms with E-state index in [2.05, 4.69) is 9.97 Å². The van der Waals surface area contributed by atoms with Gasteiger partial charge in [-0.25, -0.2) is 18.7 Å². The van der Waals surface area contributed by atoms with Crippen LogP contribution in [0.5, 0.6) is 0 Å². The molecule has 7 heteroatoms. The largest absolute Gasteiger partial charge is 0.296 e. The summed E-state index contributed by atoms with van der Waals surface area (Å²) in [6, 6.07) is 5.00. The minimum Gasteiger partial charge on any atom is -0.296 e. The second-order valence-corrected chi connectivity index (χ2v) is 8.17. The maximum absolute atomic E-state index is 13.5. The van der Waals surface area contributed by atoms with E-state index in [1.165, 1.54) is 6.07 Å². The third-order valence-corrected chi connectivity index (χ3v) is 6.21. The first kappa shape index (κ1) is 19.6. The van der Waals surface area contributed by atoms with Gasteiger partial charge in [0.1, 0.15) is 11.6 Å². The second kappa shape index (κ2) is 7.61. The maximum Gasteiger partial charge on any atom is 0.234 e. The van der Waals surface area contributed by atoms with Crippen molar-refractivity contribution in [3.63, 3.8) is 0 Å². The highest BCUT2D eigenvalue weighted by Crippen LogP contribution is 2.48. The van der Waals surface area contributed by atoms with E-state index in [-0.39, 0.29) is 29.6 Å². The normalized spacial score (nSPS) is 24.3. The molecule has 4 rings (SSSR count). The number of nitrogens with zero attached hydrogens (tertiary/aromatic N) is 3. The van der Waals surface area contributed by atoms with Crippen LogP contribution in [0.4, 0.5) is 14.6 Å². The van der Waals surface area contributed by atoms with E-state index in [0.29, 0.717) is 24.6 Å². The SMILES string of the molecule is Cc1nccc(N2CC[C@]3(CCC[C@H](CC(=O)c4ccc(F)c(F)c4)C3)C2=O)n1. The van der Waals surface area contributed by atoms with Crippen molar-refractivity contribution >= 4 is 17.5 Å². The Morgan fingerprint density at radius 3 is 2.83 bits per heavy atom. The Bertz CT molecular complexity index is 965. The van der Waals surface area contributed by atoms with Gasteiger partial charge in [-0.3, -0.25) is 14.5 Å². The van der Waals surface area contributed by atoms with Crippen LogP contribution in [0.25, 0.3) is 0 Å². The summed E-state index contributed by atoms with van der Waals surface area (Å²) in [5.74, 6) is -0.817. The highest BCUT2D eigenvalue weighted by Gasteiger charge is 2.49. The van der Waals surface area contributed by atoms with E-state index >= 15 is 0 Å². The minimum absolute atomic E-state index is 0.0559. The number of carbonyl (C=O) groups is 2. The average Bonchev–Trinajstić information content (AvgIpc) is 3.00. The van der Waals surface area contributed by atoms with Gasteiger partial charge in [0.05, 0.1) is 5.41 Å². The fourth-order valence-corrected chi connectivity index (χ4v) is 4.76. The fourth-order valence-electron chi connectivity index (χ4n) is 4.76. The Morgan fingerprint density at radius 2 is 2.07 bits per heavy atom. The third-order valence-electron chi connectivity index (χ3n) is 6.21. The van der Waals surface area contributed by atoms with Gasteiger partial charge in [-0.2, -0.15) is 0 Å². The number of rotatable bonds is 4. The summed E-state index contributed by atoms with van der Waals surface area (Å²) < 4.78 is 26.6. The number of anilines is 1. The van der Waals surface area contributed by atoms with Crippen molar-refractivity contribution in [2.75, 3.05) is 11.4 Å². The quantitative estimate of drug-likeness (QED) is 0.721. The molecule has 0 bridgehead atoms. The van der Waals surface area contributed by atoms with E-state index in [0.717, 1.165) is 37.8 Å². The van der Waals surface area contributed by atoms with Crippen molar-refractivity contribution in [1.29, 1.82) is 0 Å². The zero-order chi connectivity index (χ0) is 20.6. The molecule has 1 aromatic heterocycles. The van der Waals surface area contributed by atoms with E-state index in [4.69, 9.17) is 0 Å². The molecule has 1 aromatic carbocycles. The molecule has 1 amide bonds. The minimum atomic E-state index is -1.02. The molecule has 0 N–H and O–H groups in total. The Balaban J connectivity index is 1.47. The van der Waals surface area contributed by atoms with Gasteiger partial charge in [0.25, 0.3) is 0 Å². The molecule has 1 saturated carbocycles. The van der Waals surface area contributed by atoms with E-state index in [9.17, 15) is 18.4 Å². The second-order valence-electron chi connectivity index (χ2n) is 8.17. The molecule has 1 aliphatic heterocycles. The molecule has 2 aliphatic rings. The lowest BCUT2D eigenvalue weighted by Crippen LogP contribution is -2.39. The summed E-state index contributed by atoms with van der Waals surface area (Å²) in [5.41, 5.74) is -0.282. The lowest BCUT2D eigenvalue weighted by molar-refractivity contribution is -0.128. The van der Waals surface area contributed by atoms with Crippen LogP contribution in [0.2, 0.25) is 0 Å². The molecule has 2 fully saturated rings. The average molecular weight is 399 g/mol. The first-order chi connectivity index (χ1) is 13.9. The van der Waals surface area contributed by atoms with Crippen LogP contribution < -0.4 is 4.90 Å². The van der Waals surface area contributed by atoms with Crippen LogP contribution in [0.15, 0.2) is 30.5 Å². The van der Waals surface area contributed by atoms with Gasteiger partial charge in [0.2, 0.25) is 5.91 Å². The molecule has 2 heterocycles. The van der Waals surface area contributed by atoms with Gasteiger partial charge < -0.3 is 0 Å². The molecular formula is C22H23F2N3O2. The third kappa shape index (κ3) is 3.78. The van der Waals surface area contributed by atoms with Gasteiger partial charge in [0, 0.05) is 24.7 Å². The first-order valence-corrected chi connectivity index (χ1v) is 9.98. The number of Topliss-reactive ketones (excluding diaryl/α,β-unsaturated/α-hetero) is 1. The van der Waals surface area contributed by atoms with Gasteiger partial charge >= 0.3 is 0 Å². The number of amides is 1. The zero-order valence-electron chi connectivity index (χ0n) is 16.3. The van der Waals surface area contributed by atoms with Gasteiger partial charge in [-0.1, -0.05) is 6.42 Å². The highest BCUT2D eigenvalue weighted by atomic mass is 19.2. The molecule has 5 nitrogen and oxygen atoms in total. The van der Waals surface area contributed by atoms with E-state index < -0.39 is 17.0 Å². The van der Waals surface area contributed by atoms with Crippen molar-refractivity contribution in [1.82, 2.24) is 9.97 Å². The van der Waals surface area contributed by atoms with Crippen LogP contribution >= 0.6 is 0 Å². The van der Waals surface area contributed by atoms with Gasteiger partial charge in [0.15, 0.2) is 17.4 Å². The van der Waals surface area contributed by atoms with Crippen LogP contribution in [0.1, 0.15) is 54.7 Å². The first-order valence-electron chi connectivity index (χ1n) is 9.98. The molecule has 2 atom stereocenters. The zero-order valence-corrected chi connectivity index (χ0v) is 16.3. The topological polar surface area (TPSA) is 63.2 Å². The fraction of sp³-hybridized carbons (Fsp3) is 0.455. The molecule has 152 valence electrons. The number of aryl methyl sites for hydroxylation is 1. The summed E-state index contributed by atoms with van der Waals surface area (Å²) in [7, 11) is 0. The summed E-state index contributed by atoms with van der Waals surface area (Å²) in [4.78, 5) is 36.0. The van der Waals surface area contributed by atoms with Crippen LogP contribution in [-0.2, 0) is 4.79 Å². The molecule has 1 saturated heterocycles. The van der Waals surface area contributed by atoms with Crippen molar-refractivity contribution in [3.05, 3.63) is 53.5 Å². The smallest absolute Gasteiger partial charge is 0.234 e. The molecule has 0 radical (unpaired) electrons. The molecule has 0 unspecified atom stereocenters. The van der Waals surface area contributed by atoms with Crippen molar-refractivity contribution < 1.29 is 18.4 Å². The van der Waals surface area contributed by atoms with Crippen molar-refractivity contribution in [2.45, 2.75) is 45.4 Å². The highest BCUT2D eigenvalue weighted by molar-refractivity contribution is 5.99. The number of aromatic nitrogens is 2.